The van der Waals surface area contributed by atoms with Gasteiger partial charge in [-0.1, -0.05) is 13.3 Å². The van der Waals surface area contributed by atoms with Crippen LogP contribution in [-0.2, 0) is 6.42 Å². The Morgan fingerprint density at radius 1 is 1.26 bits per heavy atom. The first kappa shape index (κ1) is 15.9. The van der Waals surface area contributed by atoms with Gasteiger partial charge in [-0.2, -0.15) is 0 Å². The Morgan fingerprint density at radius 2 is 1.89 bits per heavy atom. The molecule has 1 rings (SSSR count). The molecule has 0 aliphatic rings. The van der Waals surface area contributed by atoms with Gasteiger partial charge in [-0.15, -0.1) is 0 Å². The van der Waals surface area contributed by atoms with Crippen molar-refractivity contribution in [1.82, 2.24) is 4.98 Å². The highest BCUT2D eigenvalue weighted by Crippen LogP contribution is 2.31. The lowest BCUT2D eigenvalue weighted by atomic mass is 9.79. The highest BCUT2D eigenvalue weighted by molar-refractivity contribution is 5.41. The van der Waals surface area contributed by atoms with E-state index in [1.54, 1.807) is 13.3 Å². The summed E-state index contributed by atoms with van der Waals surface area (Å²) in [4.78, 5) is 4.45. The Balaban J connectivity index is 3.10. The predicted octanol–water partition coefficient (Wildman–Crippen LogP) is 2.02. The maximum absolute atomic E-state index is 9.62. The summed E-state index contributed by atoms with van der Waals surface area (Å²) in [5, 5.41) is 19.2. The van der Waals surface area contributed by atoms with E-state index >= 15 is 0 Å². The molecule has 0 fully saturated rings. The Hall–Kier alpha value is -1.13. The molecular formula is C15H25NO3. The zero-order valence-corrected chi connectivity index (χ0v) is 12.4. The molecule has 0 saturated heterocycles. The van der Waals surface area contributed by atoms with Crippen LogP contribution in [0.5, 0.6) is 5.75 Å². The molecular weight excluding hydrogens is 242 g/mol. The summed E-state index contributed by atoms with van der Waals surface area (Å²) < 4.78 is 5.39. The number of rotatable bonds is 7. The lowest BCUT2D eigenvalue weighted by Crippen LogP contribution is -2.33. The number of aliphatic hydroxyl groups is 2. The molecule has 1 aromatic rings. The van der Waals surface area contributed by atoms with E-state index < -0.39 is 5.41 Å². The van der Waals surface area contributed by atoms with Gasteiger partial charge in [0.05, 0.1) is 20.3 Å². The molecule has 0 radical (unpaired) electrons. The minimum absolute atomic E-state index is 0.0331. The predicted molar refractivity (Wildman–Crippen MR) is 75.5 cm³/mol. The van der Waals surface area contributed by atoms with E-state index in [0.29, 0.717) is 6.42 Å². The fraction of sp³-hybridized carbons (Fsp3) is 0.667. The van der Waals surface area contributed by atoms with Crippen LogP contribution in [0.4, 0.5) is 0 Å². The molecule has 0 spiro atoms. The normalized spacial score (nSPS) is 11.7. The molecule has 0 aliphatic heterocycles. The van der Waals surface area contributed by atoms with Gasteiger partial charge in [-0.05, 0) is 20.3 Å². The third kappa shape index (κ3) is 3.45. The number of aromatic nitrogens is 1. The van der Waals surface area contributed by atoms with Crippen molar-refractivity contribution in [2.45, 2.75) is 40.0 Å². The zero-order valence-electron chi connectivity index (χ0n) is 12.4. The van der Waals surface area contributed by atoms with Crippen LogP contribution in [0.25, 0.3) is 0 Å². The second kappa shape index (κ2) is 6.87. The maximum atomic E-state index is 9.62. The van der Waals surface area contributed by atoms with Crippen LogP contribution in [0.3, 0.4) is 0 Å². The number of aryl methyl sites for hydroxylation is 1. The van der Waals surface area contributed by atoms with Crippen molar-refractivity contribution < 1.29 is 14.9 Å². The van der Waals surface area contributed by atoms with E-state index in [1.165, 1.54) is 0 Å². The molecule has 19 heavy (non-hydrogen) atoms. The first-order chi connectivity index (χ1) is 9.03. The number of hydrogen-bond acceptors (Lipinski definition) is 4. The molecule has 0 aliphatic carbocycles. The standard InChI is InChI=1S/C15H25NO3/c1-5-6-15(9-17,10-18)7-13-12(3)14(19-4)11(2)8-16-13/h8,17-18H,5-7,9-10H2,1-4H3. The lowest BCUT2D eigenvalue weighted by molar-refractivity contribution is 0.0456. The Kier molecular flexibility index (Phi) is 5.76. The molecule has 0 unspecified atom stereocenters. The second-order valence-electron chi connectivity index (χ2n) is 5.29. The lowest BCUT2D eigenvalue weighted by Gasteiger charge is -2.30. The van der Waals surface area contributed by atoms with Crippen molar-refractivity contribution >= 4 is 0 Å². The molecule has 0 bridgehead atoms. The van der Waals surface area contributed by atoms with Crippen molar-refractivity contribution in [2.24, 2.45) is 5.41 Å². The fourth-order valence-corrected chi connectivity index (χ4v) is 2.54. The summed E-state index contributed by atoms with van der Waals surface area (Å²) in [5.74, 6) is 0.839. The van der Waals surface area contributed by atoms with E-state index in [4.69, 9.17) is 4.74 Å². The van der Waals surface area contributed by atoms with Crippen LogP contribution < -0.4 is 4.74 Å². The number of hydrogen-bond donors (Lipinski definition) is 2. The highest BCUT2D eigenvalue weighted by atomic mass is 16.5. The minimum Gasteiger partial charge on any atom is -0.496 e. The zero-order chi connectivity index (χ0) is 14.5. The fourth-order valence-electron chi connectivity index (χ4n) is 2.54. The Labute approximate surface area is 115 Å². The van der Waals surface area contributed by atoms with Crippen LogP contribution in [0.1, 0.15) is 36.6 Å². The molecule has 0 aromatic carbocycles. The molecule has 0 atom stereocenters. The number of aliphatic hydroxyl groups excluding tert-OH is 2. The van der Waals surface area contributed by atoms with Gasteiger partial charge in [0.2, 0.25) is 0 Å². The molecule has 2 N–H and O–H groups in total. The average molecular weight is 267 g/mol. The third-order valence-electron chi connectivity index (χ3n) is 3.74. The maximum Gasteiger partial charge on any atom is 0.128 e. The molecule has 4 heteroatoms. The average Bonchev–Trinajstić information content (AvgIpc) is 2.42. The van der Waals surface area contributed by atoms with Crippen LogP contribution in [0.2, 0.25) is 0 Å². The van der Waals surface area contributed by atoms with Gasteiger partial charge in [0.25, 0.3) is 0 Å². The second-order valence-corrected chi connectivity index (χ2v) is 5.29. The first-order valence-electron chi connectivity index (χ1n) is 6.74. The van der Waals surface area contributed by atoms with Gasteiger partial charge >= 0.3 is 0 Å². The molecule has 0 saturated carbocycles. The summed E-state index contributed by atoms with van der Waals surface area (Å²) in [6.07, 6.45) is 4.05. The van der Waals surface area contributed by atoms with Crippen LogP contribution in [0, 0.1) is 19.3 Å². The number of pyridine rings is 1. The van der Waals surface area contributed by atoms with Gasteiger partial charge in [0.15, 0.2) is 0 Å². The molecule has 4 nitrogen and oxygen atoms in total. The first-order valence-corrected chi connectivity index (χ1v) is 6.74. The largest absolute Gasteiger partial charge is 0.496 e. The van der Waals surface area contributed by atoms with Gasteiger partial charge in [0.1, 0.15) is 5.75 Å². The van der Waals surface area contributed by atoms with E-state index in [0.717, 1.165) is 35.4 Å². The summed E-state index contributed by atoms with van der Waals surface area (Å²) in [7, 11) is 1.65. The number of nitrogens with zero attached hydrogens (tertiary/aromatic N) is 1. The van der Waals surface area contributed by atoms with Crippen molar-refractivity contribution in [3.8, 4) is 5.75 Å². The quantitative estimate of drug-likeness (QED) is 0.793. The topological polar surface area (TPSA) is 62.6 Å². The van der Waals surface area contributed by atoms with E-state index in [2.05, 4.69) is 11.9 Å². The summed E-state index contributed by atoms with van der Waals surface area (Å²) in [6, 6.07) is 0. The van der Waals surface area contributed by atoms with E-state index in [-0.39, 0.29) is 13.2 Å². The van der Waals surface area contributed by atoms with Crippen LogP contribution in [0.15, 0.2) is 6.20 Å². The van der Waals surface area contributed by atoms with Crippen molar-refractivity contribution in [3.63, 3.8) is 0 Å². The Morgan fingerprint density at radius 3 is 2.37 bits per heavy atom. The van der Waals surface area contributed by atoms with Crippen LogP contribution in [-0.4, -0.2) is 35.5 Å². The minimum atomic E-state index is -0.493. The van der Waals surface area contributed by atoms with Crippen molar-refractivity contribution in [2.75, 3.05) is 20.3 Å². The van der Waals surface area contributed by atoms with Gasteiger partial charge in [0, 0.05) is 34.9 Å². The Bertz CT molecular complexity index is 414. The molecule has 0 amide bonds. The SMILES string of the molecule is CCCC(CO)(CO)Cc1ncc(C)c(OC)c1C. The third-order valence-corrected chi connectivity index (χ3v) is 3.74. The summed E-state index contributed by atoms with van der Waals surface area (Å²) >= 11 is 0. The van der Waals surface area contributed by atoms with Crippen molar-refractivity contribution in [3.05, 3.63) is 23.0 Å². The smallest absolute Gasteiger partial charge is 0.128 e. The van der Waals surface area contributed by atoms with E-state index in [9.17, 15) is 10.2 Å². The van der Waals surface area contributed by atoms with Crippen molar-refractivity contribution in [1.29, 1.82) is 0 Å². The van der Waals surface area contributed by atoms with Crippen LogP contribution >= 0.6 is 0 Å². The number of methoxy groups -OCH3 is 1. The van der Waals surface area contributed by atoms with Gasteiger partial charge in [-0.25, -0.2) is 0 Å². The molecule has 108 valence electrons. The van der Waals surface area contributed by atoms with Gasteiger partial charge < -0.3 is 14.9 Å². The number of ether oxygens (including phenoxy) is 1. The monoisotopic (exact) mass is 267 g/mol. The molecule has 1 heterocycles. The molecule has 1 aromatic heterocycles. The summed E-state index contributed by atoms with van der Waals surface area (Å²) in [5.41, 5.74) is 2.38. The highest BCUT2D eigenvalue weighted by Gasteiger charge is 2.30. The van der Waals surface area contributed by atoms with E-state index in [1.807, 2.05) is 13.8 Å². The van der Waals surface area contributed by atoms with Gasteiger partial charge in [-0.3, -0.25) is 4.98 Å². The summed E-state index contributed by atoms with van der Waals surface area (Å²) in [6.45, 7) is 5.92.